The van der Waals surface area contributed by atoms with Crippen molar-refractivity contribution in [1.82, 2.24) is 10.3 Å². The first kappa shape index (κ1) is 9.98. The number of hydrogen-bond acceptors (Lipinski definition) is 4. The standard InChI is InChI=1S/C11H14N2O2/c1-3-12-6-10-11(15-7-13-10)9-4-5-14-8(9)2/h4-5,7,12H,3,6H2,1-2H3. The first-order chi connectivity index (χ1) is 7.33. The number of nitrogens with zero attached hydrogens (tertiary/aromatic N) is 1. The predicted molar refractivity (Wildman–Crippen MR) is 56.3 cm³/mol. The quantitative estimate of drug-likeness (QED) is 0.834. The fraction of sp³-hybridized carbons (Fsp3) is 0.364. The molecule has 0 saturated carbocycles. The molecular weight excluding hydrogens is 192 g/mol. The molecule has 0 spiro atoms. The van der Waals surface area contributed by atoms with Crippen LogP contribution < -0.4 is 5.32 Å². The second-order valence-electron chi connectivity index (χ2n) is 3.30. The molecule has 0 aliphatic heterocycles. The second kappa shape index (κ2) is 4.31. The third-order valence-corrected chi connectivity index (χ3v) is 2.29. The van der Waals surface area contributed by atoms with Crippen LogP contribution in [0.25, 0.3) is 11.3 Å². The van der Waals surface area contributed by atoms with E-state index in [1.165, 1.54) is 6.39 Å². The maximum atomic E-state index is 5.38. The first-order valence-electron chi connectivity index (χ1n) is 5.00. The van der Waals surface area contributed by atoms with Crippen LogP contribution in [0.15, 0.2) is 27.6 Å². The summed E-state index contributed by atoms with van der Waals surface area (Å²) < 4.78 is 10.6. The van der Waals surface area contributed by atoms with Crippen molar-refractivity contribution in [3.8, 4) is 11.3 Å². The lowest BCUT2D eigenvalue weighted by molar-refractivity contribution is 0.529. The van der Waals surface area contributed by atoms with Crippen LogP contribution in [0.5, 0.6) is 0 Å². The highest BCUT2D eigenvalue weighted by Gasteiger charge is 2.13. The van der Waals surface area contributed by atoms with E-state index >= 15 is 0 Å². The number of rotatable bonds is 4. The Morgan fingerprint density at radius 1 is 1.40 bits per heavy atom. The van der Waals surface area contributed by atoms with Crippen LogP contribution >= 0.6 is 0 Å². The molecule has 0 aromatic carbocycles. The minimum Gasteiger partial charge on any atom is -0.469 e. The second-order valence-corrected chi connectivity index (χ2v) is 3.30. The van der Waals surface area contributed by atoms with Crippen molar-refractivity contribution in [2.24, 2.45) is 0 Å². The van der Waals surface area contributed by atoms with Crippen LogP contribution in [-0.2, 0) is 6.54 Å². The Balaban J connectivity index is 2.29. The van der Waals surface area contributed by atoms with Gasteiger partial charge in [0.05, 0.1) is 11.8 Å². The van der Waals surface area contributed by atoms with Crippen LogP contribution in [0.2, 0.25) is 0 Å². The molecular formula is C11H14N2O2. The summed E-state index contributed by atoms with van der Waals surface area (Å²) in [6.45, 7) is 5.60. The van der Waals surface area contributed by atoms with Gasteiger partial charge in [0.25, 0.3) is 0 Å². The largest absolute Gasteiger partial charge is 0.469 e. The number of hydrogen-bond donors (Lipinski definition) is 1. The van der Waals surface area contributed by atoms with Gasteiger partial charge in [-0.15, -0.1) is 0 Å². The summed E-state index contributed by atoms with van der Waals surface area (Å²) in [5.74, 6) is 1.65. The van der Waals surface area contributed by atoms with E-state index in [0.717, 1.165) is 29.3 Å². The Morgan fingerprint density at radius 3 is 2.93 bits per heavy atom. The van der Waals surface area contributed by atoms with Gasteiger partial charge in [-0.2, -0.15) is 0 Å². The molecule has 4 nitrogen and oxygen atoms in total. The molecule has 4 heteroatoms. The molecule has 15 heavy (non-hydrogen) atoms. The molecule has 0 unspecified atom stereocenters. The fourth-order valence-corrected chi connectivity index (χ4v) is 1.48. The summed E-state index contributed by atoms with van der Waals surface area (Å²) in [6.07, 6.45) is 3.12. The highest BCUT2D eigenvalue weighted by Crippen LogP contribution is 2.26. The molecule has 2 aromatic rings. The van der Waals surface area contributed by atoms with Crippen LogP contribution in [0, 0.1) is 6.92 Å². The van der Waals surface area contributed by atoms with E-state index in [-0.39, 0.29) is 0 Å². The number of furan rings is 1. The molecule has 2 aromatic heterocycles. The van der Waals surface area contributed by atoms with Gasteiger partial charge in [0.2, 0.25) is 0 Å². The topological polar surface area (TPSA) is 51.2 Å². The Morgan fingerprint density at radius 2 is 2.27 bits per heavy atom. The van der Waals surface area contributed by atoms with Crippen LogP contribution in [0.3, 0.4) is 0 Å². The fourth-order valence-electron chi connectivity index (χ4n) is 1.48. The smallest absolute Gasteiger partial charge is 0.181 e. The Hall–Kier alpha value is -1.55. The Kier molecular flexibility index (Phi) is 2.87. The average molecular weight is 206 g/mol. The van der Waals surface area contributed by atoms with Crippen LogP contribution in [0.4, 0.5) is 0 Å². The van der Waals surface area contributed by atoms with Gasteiger partial charge in [-0.05, 0) is 19.5 Å². The summed E-state index contributed by atoms with van der Waals surface area (Å²) in [5.41, 5.74) is 1.89. The van der Waals surface area contributed by atoms with Gasteiger partial charge in [0.15, 0.2) is 12.2 Å². The normalized spacial score (nSPS) is 10.8. The zero-order valence-electron chi connectivity index (χ0n) is 8.91. The highest BCUT2D eigenvalue weighted by molar-refractivity contribution is 5.61. The van der Waals surface area contributed by atoms with Crippen LogP contribution in [0.1, 0.15) is 18.4 Å². The van der Waals surface area contributed by atoms with Gasteiger partial charge >= 0.3 is 0 Å². The summed E-state index contributed by atoms with van der Waals surface area (Å²) in [7, 11) is 0. The molecule has 0 saturated heterocycles. The Labute approximate surface area is 88.3 Å². The number of aryl methyl sites for hydroxylation is 1. The minimum absolute atomic E-state index is 0.715. The van der Waals surface area contributed by atoms with E-state index in [1.54, 1.807) is 6.26 Å². The number of oxazole rings is 1. The first-order valence-corrected chi connectivity index (χ1v) is 5.00. The molecule has 1 N–H and O–H groups in total. The summed E-state index contributed by atoms with van der Waals surface area (Å²) in [6, 6.07) is 1.89. The molecule has 2 rings (SSSR count). The lowest BCUT2D eigenvalue weighted by atomic mass is 10.1. The molecule has 2 heterocycles. The van der Waals surface area contributed by atoms with Crippen molar-refractivity contribution in [3.63, 3.8) is 0 Å². The summed E-state index contributed by atoms with van der Waals surface area (Å²) in [4.78, 5) is 4.18. The molecule has 80 valence electrons. The van der Waals surface area contributed by atoms with E-state index in [2.05, 4.69) is 17.2 Å². The maximum Gasteiger partial charge on any atom is 0.181 e. The molecule has 0 bridgehead atoms. The third kappa shape index (κ3) is 1.94. The van der Waals surface area contributed by atoms with Gasteiger partial charge in [0, 0.05) is 6.54 Å². The van der Waals surface area contributed by atoms with Crippen molar-refractivity contribution < 1.29 is 8.83 Å². The molecule has 0 aliphatic rings. The lowest BCUT2D eigenvalue weighted by Crippen LogP contribution is -2.12. The van der Waals surface area contributed by atoms with Gasteiger partial charge in [-0.3, -0.25) is 0 Å². The highest BCUT2D eigenvalue weighted by atomic mass is 16.3. The van der Waals surface area contributed by atoms with Crippen molar-refractivity contribution in [2.45, 2.75) is 20.4 Å². The minimum atomic E-state index is 0.715. The maximum absolute atomic E-state index is 5.38. The van der Waals surface area contributed by atoms with E-state index in [4.69, 9.17) is 8.83 Å². The van der Waals surface area contributed by atoms with E-state index in [1.807, 2.05) is 13.0 Å². The predicted octanol–water partition coefficient (Wildman–Crippen LogP) is 2.35. The van der Waals surface area contributed by atoms with Gasteiger partial charge in [0.1, 0.15) is 11.5 Å². The summed E-state index contributed by atoms with van der Waals surface area (Å²) in [5, 5.41) is 3.22. The number of aromatic nitrogens is 1. The summed E-state index contributed by atoms with van der Waals surface area (Å²) >= 11 is 0. The monoisotopic (exact) mass is 206 g/mol. The SMILES string of the molecule is CCNCc1ncoc1-c1ccoc1C. The molecule has 0 fully saturated rings. The average Bonchev–Trinajstić information content (AvgIpc) is 2.82. The van der Waals surface area contributed by atoms with Crippen LogP contribution in [-0.4, -0.2) is 11.5 Å². The number of nitrogens with one attached hydrogen (secondary N) is 1. The van der Waals surface area contributed by atoms with Gasteiger partial charge < -0.3 is 14.2 Å². The van der Waals surface area contributed by atoms with Gasteiger partial charge in [-0.25, -0.2) is 4.98 Å². The van der Waals surface area contributed by atoms with Crippen molar-refractivity contribution in [3.05, 3.63) is 30.2 Å². The van der Waals surface area contributed by atoms with Gasteiger partial charge in [-0.1, -0.05) is 6.92 Å². The van der Waals surface area contributed by atoms with E-state index < -0.39 is 0 Å². The third-order valence-electron chi connectivity index (χ3n) is 2.29. The van der Waals surface area contributed by atoms with Crippen molar-refractivity contribution in [2.75, 3.05) is 6.54 Å². The van der Waals surface area contributed by atoms with E-state index in [0.29, 0.717) is 6.54 Å². The van der Waals surface area contributed by atoms with Crippen molar-refractivity contribution in [1.29, 1.82) is 0 Å². The molecule has 0 aliphatic carbocycles. The zero-order valence-corrected chi connectivity index (χ0v) is 8.91. The van der Waals surface area contributed by atoms with E-state index in [9.17, 15) is 0 Å². The zero-order chi connectivity index (χ0) is 10.7. The molecule has 0 atom stereocenters. The lowest BCUT2D eigenvalue weighted by Gasteiger charge is -2.00. The molecule has 0 amide bonds. The molecule has 0 radical (unpaired) electrons. The Bertz CT molecular complexity index is 431. The van der Waals surface area contributed by atoms with Crippen molar-refractivity contribution >= 4 is 0 Å².